The van der Waals surface area contributed by atoms with Crippen molar-refractivity contribution in [2.24, 2.45) is 0 Å². The number of hydrogen-bond donors (Lipinski definition) is 0. The van der Waals surface area contributed by atoms with Gasteiger partial charge in [0.15, 0.2) is 0 Å². The van der Waals surface area contributed by atoms with Gasteiger partial charge in [0.2, 0.25) is 0 Å². The van der Waals surface area contributed by atoms with Gasteiger partial charge in [-0.1, -0.05) is 0 Å². The molecule has 0 bridgehead atoms. The van der Waals surface area contributed by atoms with Crippen LogP contribution in [0.3, 0.4) is 0 Å². The first kappa shape index (κ1) is 20.2. The standard InChI is InChI=1S/C7H9O2.3C4H9.Sn/c1-2-3-4-7-8-5-6-9-7;3*1-3-4-2;/h1-4,7H,5-6H2;3*1,3-4H2,2H3;. The van der Waals surface area contributed by atoms with Crippen molar-refractivity contribution in [3.8, 4) is 0 Å². The van der Waals surface area contributed by atoms with Crippen LogP contribution in [0.1, 0.15) is 59.3 Å². The van der Waals surface area contributed by atoms with Crippen LogP contribution < -0.4 is 0 Å². The molecular weight excluding hydrogens is 379 g/mol. The van der Waals surface area contributed by atoms with Crippen LogP contribution in [0, 0.1) is 0 Å². The van der Waals surface area contributed by atoms with E-state index in [-0.39, 0.29) is 6.29 Å². The van der Waals surface area contributed by atoms with Crippen molar-refractivity contribution < 1.29 is 9.47 Å². The number of unbranched alkanes of at least 4 members (excludes halogenated alkanes) is 3. The summed E-state index contributed by atoms with van der Waals surface area (Å²) in [7, 11) is 0. The topological polar surface area (TPSA) is 18.5 Å². The van der Waals surface area contributed by atoms with E-state index in [1.807, 2.05) is 0 Å². The zero-order valence-electron chi connectivity index (χ0n) is 15.0. The van der Waals surface area contributed by atoms with E-state index in [2.05, 4.69) is 43.1 Å². The zero-order valence-corrected chi connectivity index (χ0v) is 17.8. The molecule has 0 aliphatic carbocycles. The Morgan fingerprint density at radius 1 is 0.818 bits per heavy atom. The second-order valence-electron chi connectivity index (χ2n) is 6.53. The van der Waals surface area contributed by atoms with Crippen LogP contribution in [0.2, 0.25) is 13.3 Å². The van der Waals surface area contributed by atoms with Crippen LogP contribution in [0.4, 0.5) is 0 Å². The molecule has 3 heteroatoms. The van der Waals surface area contributed by atoms with Gasteiger partial charge in [-0.3, -0.25) is 0 Å². The van der Waals surface area contributed by atoms with Gasteiger partial charge in [-0.2, -0.15) is 0 Å². The molecule has 2 nitrogen and oxygen atoms in total. The summed E-state index contributed by atoms with van der Waals surface area (Å²) in [5.41, 5.74) is 0. The predicted octanol–water partition coefficient (Wildman–Crippen LogP) is 5.86. The maximum atomic E-state index is 5.45. The maximum absolute atomic E-state index is 5.45. The monoisotopic (exact) mass is 416 g/mol. The Bertz CT molecular complexity index is 298. The molecule has 0 unspecified atom stereocenters. The molecule has 0 N–H and O–H groups in total. The molecule has 1 saturated heterocycles. The van der Waals surface area contributed by atoms with Crippen LogP contribution in [0.25, 0.3) is 0 Å². The van der Waals surface area contributed by atoms with Gasteiger partial charge in [-0.05, 0) is 0 Å². The van der Waals surface area contributed by atoms with Crippen LogP contribution in [0.5, 0.6) is 0 Å². The van der Waals surface area contributed by atoms with E-state index in [0.29, 0.717) is 0 Å². The molecular formula is C19H36O2Sn. The average molecular weight is 415 g/mol. The van der Waals surface area contributed by atoms with Gasteiger partial charge in [-0.25, -0.2) is 0 Å². The first-order valence-corrected chi connectivity index (χ1v) is 17.1. The molecule has 1 rings (SSSR count). The second-order valence-corrected chi connectivity index (χ2v) is 19.5. The molecule has 1 heterocycles. The molecule has 0 aromatic rings. The molecule has 1 aliphatic heterocycles. The number of ether oxygens (including phenoxy) is 2. The molecule has 0 aromatic carbocycles. The second kappa shape index (κ2) is 12.6. The Labute approximate surface area is 142 Å². The fraction of sp³-hybridized carbons (Fsp3) is 0.789. The van der Waals surface area contributed by atoms with Crippen LogP contribution in [-0.2, 0) is 9.47 Å². The molecule has 1 aliphatic rings. The summed E-state index contributed by atoms with van der Waals surface area (Å²) in [5.74, 6) is 0. The van der Waals surface area contributed by atoms with E-state index in [0.717, 1.165) is 13.2 Å². The minimum absolute atomic E-state index is 0.115. The van der Waals surface area contributed by atoms with E-state index in [9.17, 15) is 0 Å². The molecule has 0 spiro atoms. The van der Waals surface area contributed by atoms with E-state index < -0.39 is 18.4 Å². The predicted molar refractivity (Wildman–Crippen MR) is 98.9 cm³/mol. The quantitative estimate of drug-likeness (QED) is 0.294. The van der Waals surface area contributed by atoms with Crippen molar-refractivity contribution in [1.29, 1.82) is 0 Å². The summed E-state index contributed by atoms with van der Waals surface area (Å²) in [6.07, 6.45) is 14.7. The summed E-state index contributed by atoms with van der Waals surface area (Å²) in [4.78, 5) is 0. The van der Waals surface area contributed by atoms with Crippen LogP contribution in [-0.4, -0.2) is 37.9 Å². The Hall–Kier alpha value is 0.199. The molecule has 0 radical (unpaired) electrons. The SMILES string of the molecule is CCC[CH2][Sn]([CH]=CC=CC1OCCO1)([CH2]CCC)[CH2]CCC. The fourth-order valence-corrected chi connectivity index (χ4v) is 17.2. The summed E-state index contributed by atoms with van der Waals surface area (Å²) in [6.45, 7) is 8.44. The van der Waals surface area contributed by atoms with Crippen molar-refractivity contribution in [3.05, 3.63) is 22.3 Å². The Balaban J connectivity index is 2.65. The summed E-state index contributed by atoms with van der Waals surface area (Å²) in [5, 5.41) is 0. The summed E-state index contributed by atoms with van der Waals surface area (Å²) >= 11 is -2.09. The van der Waals surface area contributed by atoms with Crippen LogP contribution in [0.15, 0.2) is 22.3 Å². The Morgan fingerprint density at radius 2 is 1.32 bits per heavy atom. The van der Waals surface area contributed by atoms with E-state index in [1.54, 1.807) is 0 Å². The number of hydrogen-bond acceptors (Lipinski definition) is 2. The van der Waals surface area contributed by atoms with Gasteiger partial charge in [0.1, 0.15) is 0 Å². The van der Waals surface area contributed by atoms with E-state index in [4.69, 9.17) is 9.47 Å². The zero-order chi connectivity index (χ0) is 16.1. The van der Waals surface area contributed by atoms with E-state index in [1.165, 1.54) is 51.8 Å². The van der Waals surface area contributed by atoms with Gasteiger partial charge >= 0.3 is 142 Å². The first-order valence-electron chi connectivity index (χ1n) is 9.35. The van der Waals surface area contributed by atoms with Crippen molar-refractivity contribution in [3.63, 3.8) is 0 Å². The van der Waals surface area contributed by atoms with Crippen molar-refractivity contribution >= 4 is 18.4 Å². The van der Waals surface area contributed by atoms with Crippen LogP contribution >= 0.6 is 0 Å². The first-order chi connectivity index (χ1) is 10.8. The molecule has 0 aromatic heterocycles. The van der Waals surface area contributed by atoms with E-state index >= 15 is 0 Å². The van der Waals surface area contributed by atoms with Crippen molar-refractivity contribution in [1.82, 2.24) is 0 Å². The van der Waals surface area contributed by atoms with Gasteiger partial charge in [-0.15, -0.1) is 0 Å². The van der Waals surface area contributed by atoms with Crippen molar-refractivity contribution in [2.45, 2.75) is 78.9 Å². The molecule has 0 atom stereocenters. The number of allylic oxidation sites excluding steroid dienone is 2. The Kier molecular flexibility index (Phi) is 11.6. The third kappa shape index (κ3) is 8.16. The normalized spacial score (nSPS) is 17.2. The van der Waals surface area contributed by atoms with Gasteiger partial charge < -0.3 is 0 Å². The molecule has 1 fully saturated rings. The molecule has 128 valence electrons. The summed E-state index contributed by atoms with van der Waals surface area (Å²) in [6, 6.07) is 0. The minimum atomic E-state index is -2.09. The molecule has 0 saturated carbocycles. The number of rotatable bonds is 12. The third-order valence-corrected chi connectivity index (χ3v) is 18.7. The third-order valence-electron chi connectivity index (χ3n) is 4.56. The molecule has 22 heavy (non-hydrogen) atoms. The average Bonchev–Trinajstić information content (AvgIpc) is 3.06. The fourth-order valence-electron chi connectivity index (χ4n) is 3.11. The van der Waals surface area contributed by atoms with Crippen molar-refractivity contribution in [2.75, 3.05) is 13.2 Å². The van der Waals surface area contributed by atoms with Gasteiger partial charge in [0.25, 0.3) is 0 Å². The Morgan fingerprint density at radius 3 is 1.77 bits per heavy atom. The van der Waals surface area contributed by atoms with Gasteiger partial charge in [0.05, 0.1) is 0 Å². The summed E-state index contributed by atoms with van der Waals surface area (Å²) < 4.78 is 18.2. The van der Waals surface area contributed by atoms with Gasteiger partial charge in [0, 0.05) is 0 Å². The molecule has 0 amide bonds.